The maximum Gasteiger partial charge on any atom is 0.179 e. The summed E-state index contributed by atoms with van der Waals surface area (Å²) in [6.45, 7) is 7.90. The molecule has 0 fully saturated rings. The van der Waals surface area contributed by atoms with Crippen molar-refractivity contribution in [1.82, 2.24) is 0 Å². The standard InChI is InChI=1S/C20H26ClNO3/c1-4-23-19-13-16(7-8-22)12-17(21)20(19)25-10-9-24-18-11-14(2)5-6-15(18)3/h5-6,11-13H,4,7-10,22H2,1-3H3. The van der Waals surface area contributed by atoms with Gasteiger partial charge in [-0.1, -0.05) is 23.7 Å². The van der Waals surface area contributed by atoms with Gasteiger partial charge in [0.1, 0.15) is 19.0 Å². The van der Waals surface area contributed by atoms with Crippen molar-refractivity contribution in [1.29, 1.82) is 0 Å². The third-order valence-corrected chi connectivity index (χ3v) is 4.01. The van der Waals surface area contributed by atoms with Gasteiger partial charge >= 0.3 is 0 Å². The highest BCUT2D eigenvalue weighted by Gasteiger charge is 2.12. The van der Waals surface area contributed by atoms with E-state index in [0.29, 0.717) is 42.9 Å². The van der Waals surface area contributed by atoms with Crippen LogP contribution in [0.2, 0.25) is 5.02 Å². The number of rotatable bonds is 9. The van der Waals surface area contributed by atoms with Crippen LogP contribution in [0, 0.1) is 13.8 Å². The number of hydrogen-bond donors (Lipinski definition) is 1. The molecule has 2 N–H and O–H groups in total. The van der Waals surface area contributed by atoms with E-state index in [1.165, 1.54) is 5.56 Å². The van der Waals surface area contributed by atoms with Gasteiger partial charge in [-0.15, -0.1) is 0 Å². The van der Waals surface area contributed by atoms with Crippen LogP contribution < -0.4 is 19.9 Å². The van der Waals surface area contributed by atoms with E-state index in [-0.39, 0.29) is 0 Å². The first-order valence-corrected chi connectivity index (χ1v) is 8.91. The number of aryl methyl sites for hydroxylation is 2. The van der Waals surface area contributed by atoms with E-state index in [0.717, 1.165) is 23.3 Å². The van der Waals surface area contributed by atoms with Gasteiger partial charge in [0.25, 0.3) is 0 Å². The highest BCUT2D eigenvalue weighted by atomic mass is 35.5. The van der Waals surface area contributed by atoms with Crippen LogP contribution in [-0.4, -0.2) is 26.4 Å². The Bertz CT molecular complexity index is 704. The average Bonchev–Trinajstić information content (AvgIpc) is 2.57. The molecule has 0 aliphatic heterocycles. The van der Waals surface area contributed by atoms with Crippen LogP contribution >= 0.6 is 11.6 Å². The zero-order chi connectivity index (χ0) is 18.2. The Labute approximate surface area is 154 Å². The fraction of sp³-hybridized carbons (Fsp3) is 0.400. The number of nitrogens with two attached hydrogens (primary N) is 1. The third kappa shape index (κ3) is 5.55. The predicted octanol–water partition coefficient (Wildman–Crippen LogP) is 4.31. The van der Waals surface area contributed by atoms with E-state index < -0.39 is 0 Å². The van der Waals surface area contributed by atoms with Crippen LogP contribution in [0.4, 0.5) is 0 Å². The van der Waals surface area contributed by atoms with Gasteiger partial charge in [-0.3, -0.25) is 0 Å². The topological polar surface area (TPSA) is 53.7 Å². The van der Waals surface area contributed by atoms with Crippen molar-refractivity contribution in [3.8, 4) is 17.2 Å². The van der Waals surface area contributed by atoms with Crippen molar-refractivity contribution in [2.45, 2.75) is 27.2 Å². The Morgan fingerprint density at radius 2 is 1.72 bits per heavy atom. The molecule has 0 aliphatic rings. The van der Waals surface area contributed by atoms with Gasteiger partial charge in [0.15, 0.2) is 11.5 Å². The van der Waals surface area contributed by atoms with Gasteiger partial charge in [-0.25, -0.2) is 0 Å². The van der Waals surface area contributed by atoms with Crippen molar-refractivity contribution in [3.05, 3.63) is 52.0 Å². The van der Waals surface area contributed by atoms with Crippen molar-refractivity contribution in [2.24, 2.45) is 5.73 Å². The summed E-state index contributed by atoms with van der Waals surface area (Å²) in [5.41, 5.74) is 8.92. The number of hydrogen-bond acceptors (Lipinski definition) is 4. The molecule has 5 heteroatoms. The molecule has 0 amide bonds. The lowest BCUT2D eigenvalue weighted by molar-refractivity contribution is 0.207. The van der Waals surface area contributed by atoms with Crippen LogP contribution in [0.1, 0.15) is 23.6 Å². The highest BCUT2D eigenvalue weighted by Crippen LogP contribution is 2.36. The lowest BCUT2D eigenvalue weighted by Crippen LogP contribution is -2.11. The van der Waals surface area contributed by atoms with Crippen molar-refractivity contribution in [2.75, 3.05) is 26.4 Å². The van der Waals surface area contributed by atoms with Gasteiger partial charge in [0.2, 0.25) is 0 Å². The summed E-state index contributed by atoms with van der Waals surface area (Å²) in [5, 5.41) is 0.529. The molecule has 0 aliphatic carbocycles. The molecule has 136 valence electrons. The molecule has 0 heterocycles. The predicted molar refractivity (Wildman–Crippen MR) is 102 cm³/mol. The SMILES string of the molecule is CCOc1cc(CCN)cc(Cl)c1OCCOc1cc(C)ccc1C. The zero-order valence-electron chi connectivity index (χ0n) is 15.1. The third-order valence-electron chi connectivity index (χ3n) is 3.73. The molecule has 2 aromatic rings. The average molecular weight is 364 g/mol. The molecule has 2 aromatic carbocycles. The van der Waals surface area contributed by atoms with Crippen LogP contribution in [0.3, 0.4) is 0 Å². The maximum atomic E-state index is 6.36. The van der Waals surface area contributed by atoms with E-state index in [1.54, 1.807) is 0 Å². The molecule has 0 spiro atoms. The molecule has 0 radical (unpaired) electrons. The van der Waals surface area contributed by atoms with Crippen molar-refractivity contribution >= 4 is 11.6 Å². The lowest BCUT2D eigenvalue weighted by atomic mass is 10.1. The second-order valence-electron chi connectivity index (χ2n) is 5.84. The first-order chi connectivity index (χ1) is 12.0. The molecule has 0 bridgehead atoms. The minimum Gasteiger partial charge on any atom is -0.490 e. The molecular weight excluding hydrogens is 338 g/mol. The van der Waals surface area contributed by atoms with Gasteiger partial charge in [-0.2, -0.15) is 0 Å². The molecule has 2 rings (SSSR count). The van der Waals surface area contributed by atoms with Crippen molar-refractivity contribution in [3.63, 3.8) is 0 Å². The van der Waals surface area contributed by atoms with Gasteiger partial charge in [-0.05, 0) is 68.6 Å². The van der Waals surface area contributed by atoms with Crippen LogP contribution in [0.5, 0.6) is 17.2 Å². The fourth-order valence-corrected chi connectivity index (χ4v) is 2.78. The summed E-state index contributed by atoms with van der Waals surface area (Å²) in [5.74, 6) is 2.07. The first-order valence-electron chi connectivity index (χ1n) is 8.53. The molecule has 25 heavy (non-hydrogen) atoms. The first kappa shape index (κ1) is 19.4. The molecular formula is C20H26ClNO3. The Morgan fingerprint density at radius 3 is 2.44 bits per heavy atom. The Kier molecular flexibility index (Phi) is 7.41. The smallest absolute Gasteiger partial charge is 0.179 e. The maximum absolute atomic E-state index is 6.36. The quantitative estimate of drug-likeness (QED) is 0.674. The van der Waals surface area contributed by atoms with E-state index in [2.05, 4.69) is 6.07 Å². The van der Waals surface area contributed by atoms with Crippen LogP contribution in [0.25, 0.3) is 0 Å². The van der Waals surface area contributed by atoms with Crippen molar-refractivity contribution < 1.29 is 14.2 Å². The van der Waals surface area contributed by atoms with E-state index >= 15 is 0 Å². The molecule has 0 aromatic heterocycles. The Morgan fingerprint density at radius 1 is 0.960 bits per heavy atom. The molecule has 0 saturated carbocycles. The lowest BCUT2D eigenvalue weighted by Gasteiger charge is -2.16. The fourth-order valence-electron chi connectivity index (χ4n) is 2.49. The second kappa shape index (κ2) is 9.54. The van der Waals surface area contributed by atoms with E-state index in [9.17, 15) is 0 Å². The summed E-state index contributed by atoms with van der Waals surface area (Å²) in [7, 11) is 0. The molecule has 0 atom stereocenters. The summed E-state index contributed by atoms with van der Waals surface area (Å²) >= 11 is 6.36. The monoisotopic (exact) mass is 363 g/mol. The number of ether oxygens (including phenoxy) is 3. The van der Waals surface area contributed by atoms with Gasteiger partial charge in [0.05, 0.1) is 11.6 Å². The Hall–Kier alpha value is -1.91. The van der Waals surface area contributed by atoms with E-state index in [4.69, 9.17) is 31.5 Å². The minimum atomic E-state index is 0.378. The summed E-state index contributed by atoms with van der Waals surface area (Å²) in [6.07, 6.45) is 0.746. The van der Waals surface area contributed by atoms with Crippen LogP contribution in [-0.2, 0) is 6.42 Å². The van der Waals surface area contributed by atoms with Gasteiger partial charge in [0, 0.05) is 0 Å². The molecule has 4 nitrogen and oxygen atoms in total. The second-order valence-corrected chi connectivity index (χ2v) is 6.25. The minimum absolute atomic E-state index is 0.378. The summed E-state index contributed by atoms with van der Waals surface area (Å²) < 4.78 is 17.3. The normalized spacial score (nSPS) is 10.6. The van der Waals surface area contributed by atoms with Gasteiger partial charge < -0.3 is 19.9 Å². The number of halogens is 1. The summed E-state index contributed by atoms with van der Waals surface area (Å²) in [4.78, 5) is 0. The molecule has 0 saturated heterocycles. The highest BCUT2D eigenvalue weighted by molar-refractivity contribution is 6.32. The molecule has 0 unspecified atom stereocenters. The Balaban J connectivity index is 2.00. The number of benzene rings is 2. The largest absolute Gasteiger partial charge is 0.490 e. The van der Waals surface area contributed by atoms with Crippen LogP contribution in [0.15, 0.2) is 30.3 Å². The zero-order valence-corrected chi connectivity index (χ0v) is 15.9. The van der Waals surface area contributed by atoms with E-state index in [1.807, 2.05) is 45.0 Å². The summed E-state index contributed by atoms with van der Waals surface area (Å²) in [6, 6.07) is 9.94.